The second kappa shape index (κ2) is 3.94. The smallest absolute Gasteiger partial charge is 0.146 e. The Kier molecular flexibility index (Phi) is 2.76. The SMILES string of the molecule is CC(Cl)c1nc2cc(F)ccc2n1N(C)C. The topological polar surface area (TPSA) is 21.1 Å². The Hall–Kier alpha value is -1.29. The van der Waals surface area contributed by atoms with Gasteiger partial charge < -0.3 is 5.01 Å². The highest BCUT2D eigenvalue weighted by atomic mass is 35.5. The standard InChI is InChI=1S/C11H13ClFN3/c1-7(12)11-14-9-6-8(13)4-5-10(9)16(11)15(2)3/h4-7H,1-3H3. The summed E-state index contributed by atoms with van der Waals surface area (Å²) in [7, 11) is 3.79. The van der Waals surface area contributed by atoms with E-state index in [4.69, 9.17) is 11.6 Å². The summed E-state index contributed by atoms with van der Waals surface area (Å²) >= 11 is 6.06. The third-order valence-corrected chi connectivity index (χ3v) is 2.57. The molecule has 3 nitrogen and oxygen atoms in total. The summed E-state index contributed by atoms with van der Waals surface area (Å²) in [6.45, 7) is 1.85. The number of rotatable bonds is 2. The molecule has 0 amide bonds. The van der Waals surface area contributed by atoms with Gasteiger partial charge in [0.15, 0.2) is 0 Å². The van der Waals surface area contributed by atoms with Crippen molar-refractivity contribution in [1.82, 2.24) is 9.66 Å². The summed E-state index contributed by atoms with van der Waals surface area (Å²) in [5.41, 5.74) is 1.48. The van der Waals surface area contributed by atoms with Crippen LogP contribution in [0.15, 0.2) is 18.2 Å². The summed E-state index contributed by atoms with van der Waals surface area (Å²) in [5, 5.41) is 1.65. The maximum atomic E-state index is 13.1. The van der Waals surface area contributed by atoms with Crippen molar-refractivity contribution in [3.63, 3.8) is 0 Å². The van der Waals surface area contributed by atoms with Crippen molar-refractivity contribution in [3.05, 3.63) is 29.8 Å². The van der Waals surface area contributed by atoms with Gasteiger partial charge in [-0.05, 0) is 19.1 Å². The molecule has 1 atom stereocenters. The highest BCUT2D eigenvalue weighted by Crippen LogP contribution is 2.24. The fourth-order valence-electron chi connectivity index (χ4n) is 1.74. The predicted octanol–water partition coefficient (Wildman–Crippen LogP) is 2.67. The molecule has 0 aliphatic carbocycles. The molecule has 0 saturated carbocycles. The lowest BCUT2D eigenvalue weighted by atomic mass is 10.3. The van der Waals surface area contributed by atoms with E-state index in [0.717, 1.165) is 5.52 Å². The monoisotopic (exact) mass is 241 g/mol. The summed E-state index contributed by atoms with van der Waals surface area (Å²) in [6.07, 6.45) is 0. The lowest BCUT2D eigenvalue weighted by Gasteiger charge is -2.19. The third-order valence-electron chi connectivity index (χ3n) is 2.37. The van der Waals surface area contributed by atoms with E-state index in [2.05, 4.69) is 4.98 Å². The molecule has 2 aromatic rings. The Morgan fingerprint density at radius 2 is 2.12 bits per heavy atom. The number of hydrogen-bond donors (Lipinski definition) is 0. The van der Waals surface area contributed by atoms with Crippen LogP contribution < -0.4 is 5.01 Å². The summed E-state index contributed by atoms with van der Waals surface area (Å²) in [5.74, 6) is 0.428. The fraction of sp³-hybridized carbons (Fsp3) is 0.364. The number of imidazole rings is 1. The number of fused-ring (bicyclic) bond motifs is 1. The Labute approximate surface area is 98.4 Å². The van der Waals surface area contributed by atoms with Gasteiger partial charge >= 0.3 is 0 Å². The molecule has 86 valence electrons. The summed E-state index contributed by atoms with van der Waals surface area (Å²) in [4.78, 5) is 4.34. The highest BCUT2D eigenvalue weighted by Gasteiger charge is 2.16. The van der Waals surface area contributed by atoms with E-state index in [9.17, 15) is 4.39 Å². The van der Waals surface area contributed by atoms with Gasteiger partial charge in [0.05, 0.1) is 16.4 Å². The van der Waals surface area contributed by atoms with Gasteiger partial charge in [0.2, 0.25) is 0 Å². The van der Waals surface area contributed by atoms with Crippen LogP contribution in [0.1, 0.15) is 18.1 Å². The van der Waals surface area contributed by atoms with Crippen LogP contribution in [0, 0.1) is 5.82 Å². The van der Waals surface area contributed by atoms with Crippen molar-refractivity contribution < 1.29 is 4.39 Å². The van der Waals surface area contributed by atoms with Crippen molar-refractivity contribution in [3.8, 4) is 0 Å². The van der Waals surface area contributed by atoms with Crippen LogP contribution in [-0.4, -0.2) is 23.8 Å². The first-order valence-electron chi connectivity index (χ1n) is 5.00. The van der Waals surface area contributed by atoms with Gasteiger partial charge in [0.25, 0.3) is 0 Å². The van der Waals surface area contributed by atoms with E-state index in [-0.39, 0.29) is 11.2 Å². The van der Waals surface area contributed by atoms with Gasteiger partial charge in [-0.3, -0.25) is 0 Å². The molecular weight excluding hydrogens is 229 g/mol. The van der Waals surface area contributed by atoms with Crippen LogP contribution >= 0.6 is 11.6 Å². The molecule has 0 aliphatic rings. The molecule has 0 radical (unpaired) electrons. The summed E-state index contributed by atoms with van der Waals surface area (Å²) < 4.78 is 15.0. The largest absolute Gasteiger partial charge is 0.317 e. The molecule has 2 rings (SSSR count). The molecule has 1 aromatic heterocycles. The van der Waals surface area contributed by atoms with E-state index in [1.165, 1.54) is 12.1 Å². The molecular formula is C11H13ClFN3. The Balaban J connectivity index is 2.75. The van der Waals surface area contributed by atoms with Gasteiger partial charge in [0.1, 0.15) is 11.6 Å². The van der Waals surface area contributed by atoms with E-state index in [1.807, 2.05) is 30.7 Å². The van der Waals surface area contributed by atoms with Crippen molar-refractivity contribution >= 4 is 22.6 Å². The van der Waals surface area contributed by atoms with Crippen LogP contribution in [-0.2, 0) is 0 Å². The number of halogens is 2. The third kappa shape index (κ3) is 1.73. The Bertz CT molecular complexity index is 519. The Morgan fingerprint density at radius 3 is 2.69 bits per heavy atom. The first kappa shape index (κ1) is 11.2. The molecule has 0 fully saturated rings. The second-order valence-corrected chi connectivity index (χ2v) is 4.53. The molecule has 0 aliphatic heterocycles. The van der Waals surface area contributed by atoms with Crippen molar-refractivity contribution in [2.45, 2.75) is 12.3 Å². The van der Waals surface area contributed by atoms with Crippen LogP contribution in [0.4, 0.5) is 4.39 Å². The van der Waals surface area contributed by atoms with Gasteiger partial charge in [-0.25, -0.2) is 14.1 Å². The lowest BCUT2D eigenvalue weighted by Crippen LogP contribution is -2.26. The average molecular weight is 242 g/mol. The number of aromatic nitrogens is 2. The first-order chi connectivity index (χ1) is 7.50. The molecule has 0 spiro atoms. The zero-order chi connectivity index (χ0) is 11.9. The molecule has 1 heterocycles. The van der Waals surface area contributed by atoms with Crippen LogP contribution in [0.2, 0.25) is 0 Å². The van der Waals surface area contributed by atoms with Crippen LogP contribution in [0.25, 0.3) is 11.0 Å². The van der Waals surface area contributed by atoms with E-state index >= 15 is 0 Å². The number of nitrogens with zero attached hydrogens (tertiary/aromatic N) is 3. The second-order valence-electron chi connectivity index (χ2n) is 3.88. The first-order valence-corrected chi connectivity index (χ1v) is 5.44. The van der Waals surface area contributed by atoms with Crippen molar-refractivity contribution in [1.29, 1.82) is 0 Å². The number of alkyl halides is 1. The average Bonchev–Trinajstić information content (AvgIpc) is 2.55. The maximum absolute atomic E-state index is 13.1. The maximum Gasteiger partial charge on any atom is 0.146 e. The normalized spacial score (nSPS) is 13.1. The highest BCUT2D eigenvalue weighted by molar-refractivity contribution is 6.20. The fourth-order valence-corrected chi connectivity index (χ4v) is 1.88. The van der Waals surface area contributed by atoms with E-state index in [1.54, 1.807) is 6.07 Å². The van der Waals surface area contributed by atoms with E-state index < -0.39 is 0 Å². The van der Waals surface area contributed by atoms with Crippen LogP contribution in [0.3, 0.4) is 0 Å². The minimum absolute atomic E-state index is 0.224. The van der Waals surface area contributed by atoms with Crippen LogP contribution in [0.5, 0.6) is 0 Å². The molecule has 0 saturated heterocycles. The zero-order valence-corrected chi connectivity index (χ0v) is 10.2. The van der Waals surface area contributed by atoms with Crippen molar-refractivity contribution in [2.24, 2.45) is 0 Å². The van der Waals surface area contributed by atoms with Gasteiger partial charge in [-0.2, -0.15) is 0 Å². The number of hydrogen-bond acceptors (Lipinski definition) is 2. The van der Waals surface area contributed by atoms with E-state index in [0.29, 0.717) is 11.3 Å². The minimum atomic E-state index is -0.287. The molecule has 1 unspecified atom stereocenters. The van der Waals surface area contributed by atoms with Crippen molar-refractivity contribution in [2.75, 3.05) is 19.1 Å². The molecule has 16 heavy (non-hydrogen) atoms. The Morgan fingerprint density at radius 1 is 1.44 bits per heavy atom. The predicted molar refractivity (Wildman–Crippen MR) is 64.0 cm³/mol. The van der Waals surface area contributed by atoms with Gasteiger partial charge in [-0.1, -0.05) is 0 Å². The molecule has 0 N–H and O–H groups in total. The zero-order valence-electron chi connectivity index (χ0n) is 9.41. The summed E-state index contributed by atoms with van der Waals surface area (Å²) in [6, 6.07) is 4.55. The molecule has 5 heteroatoms. The quantitative estimate of drug-likeness (QED) is 0.754. The molecule has 0 bridgehead atoms. The van der Waals surface area contributed by atoms with Gasteiger partial charge in [0, 0.05) is 20.2 Å². The lowest BCUT2D eigenvalue weighted by molar-refractivity contribution is 0.629. The van der Waals surface area contributed by atoms with Gasteiger partial charge in [-0.15, -0.1) is 11.6 Å². The number of benzene rings is 1. The molecule has 1 aromatic carbocycles. The minimum Gasteiger partial charge on any atom is -0.317 e.